The third kappa shape index (κ3) is 0.886. The van der Waals surface area contributed by atoms with Crippen LogP contribution in [-0.2, 0) is 9.53 Å². The molecule has 0 saturated carbocycles. The number of Topliss-reactive ketones (excluding diaryl/α,β-unsaturated/α-hetero) is 1. The Morgan fingerprint density at radius 2 is 2.38 bits per heavy atom. The molecule has 0 unspecified atom stereocenters. The first-order chi connectivity index (χ1) is 3.80. The summed E-state index contributed by atoms with van der Waals surface area (Å²) >= 11 is 0. The van der Waals surface area contributed by atoms with Crippen LogP contribution in [-0.4, -0.2) is 12.4 Å². The summed E-state index contributed by atoms with van der Waals surface area (Å²) in [5, 5.41) is 0. The molecule has 44 valence electrons. The molecule has 1 saturated heterocycles. The molecular formula is C6H8O2. The highest BCUT2D eigenvalue weighted by Gasteiger charge is 2.12. The second-order valence-corrected chi connectivity index (χ2v) is 1.80. The zero-order valence-corrected chi connectivity index (χ0v) is 4.64. The fraction of sp³-hybridized carbons (Fsp3) is 0.500. The number of carbonyl (C=O) groups excluding carboxylic acids is 1. The van der Waals surface area contributed by atoms with Crippen LogP contribution in [0.15, 0.2) is 12.3 Å². The largest absolute Gasteiger partial charge is 0.490 e. The summed E-state index contributed by atoms with van der Waals surface area (Å²) in [6, 6.07) is 0. The molecule has 1 fully saturated rings. The van der Waals surface area contributed by atoms with E-state index in [0.717, 1.165) is 6.42 Å². The van der Waals surface area contributed by atoms with E-state index in [1.165, 1.54) is 0 Å². The van der Waals surface area contributed by atoms with Crippen molar-refractivity contribution >= 4 is 5.78 Å². The van der Waals surface area contributed by atoms with Crippen molar-refractivity contribution in [3.8, 4) is 0 Å². The summed E-state index contributed by atoms with van der Waals surface area (Å²) in [6.07, 6.45) is 1.46. The second-order valence-electron chi connectivity index (χ2n) is 1.80. The van der Waals surface area contributed by atoms with Crippen molar-refractivity contribution in [3.63, 3.8) is 0 Å². The predicted molar refractivity (Wildman–Crippen MR) is 29.3 cm³/mol. The van der Waals surface area contributed by atoms with Gasteiger partial charge in [0, 0.05) is 6.42 Å². The molecule has 2 heteroatoms. The number of hydrogen-bond donors (Lipinski definition) is 0. The van der Waals surface area contributed by atoms with Gasteiger partial charge in [-0.15, -0.1) is 0 Å². The summed E-state index contributed by atoms with van der Waals surface area (Å²) in [5.74, 6) is 0.382. The molecule has 1 aliphatic rings. The van der Waals surface area contributed by atoms with E-state index in [-0.39, 0.29) is 5.78 Å². The van der Waals surface area contributed by atoms with Crippen LogP contribution in [0.5, 0.6) is 0 Å². The molecule has 0 atom stereocenters. The number of ketones is 1. The molecule has 0 spiro atoms. The molecule has 1 rings (SSSR count). The summed E-state index contributed by atoms with van der Waals surface area (Å²) in [4.78, 5) is 10.6. The Bertz CT molecular complexity index is 110. The van der Waals surface area contributed by atoms with Gasteiger partial charge in [0.1, 0.15) is 0 Å². The molecule has 1 heterocycles. The maximum Gasteiger partial charge on any atom is 0.196 e. The molecule has 0 N–H and O–H groups in total. The Balaban J connectivity index is 2.52. The van der Waals surface area contributed by atoms with Crippen molar-refractivity contribution in [3.05, 3.63) is 12.3 Å². The first-order valence-electron chi connectivity index (χ1n) is 2.65. The monoisotopic (exact) mass is 112 g/mol. The van der Waals surface area contributed by atoms with Gasteiger partial charge < -0.3 is 4.74 Å². The second kappa shape index (κ2) is 1.99. The Labute approximate surface area is 48.1 Å². The molecule has 8 heavy (non-hydrogen) atoms. The zero-order valence-electron chi connectivity index (χ0n) is 4.64. The molecule has 0 aromatic rings. The summed E-state index contributed by atoms with van der Waals surface area (Å²) in [5.41, 5.74) is 0. The van der Waals surface area contributed by atoms with Crippen LogP contribution in [0.3, 0.4) is 0 Å². The number of rotatable bonds is 0. The molecule has 0 radical (unpaired) electrons. The molecule has 0 amide bonds. The molecule has 2 nitrogen and oxygen atoms in total. The van der Waals surface area contributed by atoms with Crippen LogP contribution in [0.2, 0.25) is 0 Å². The van der Waals surface area contributed by atoms with E-state index in [1.807, 2.05) is 0 Å². The van der Waals surface area contributed by atoms with Gasteiger partial charge in [-0.1, -0.05) is 6.58 Å². The van der Waals surface area contributed by atoms with E-state index >= 15 is 0 Å². The average Bonchev–Trinajstić information content (AvgIpc) is 1.77. The molecule has 0 aromatic carbocycles. The minimum atomic E-state index is 0.0521. The van der Waals surface area contributed by atoms with Gasteiger partial charge in [0.2, 0.25) is 0 Å². The van der Waals surface area contributed by atoms with Gasteiger partial charge in [-0.25, -0.2) is 0 Å². The van der Waals surface area contributed by atoms with Crippen molar-refractivity contribution in [2.45, 2.75) is 12.8 Å². The molecular weight excluding hydrogens is 104 g/mol. The van der Waals surface area contributed by atoms with Crippen LogP contribution >= 0.6 is 0 Å². The van der Waals surface area contributed by atoms with Gasteiger partial charge in [-0.2, -0.15) is 0 Å². The maximum atomic E-state index is 10.6. The highest BCUT2D eigenvalue weighted by Crippen LogP contribution is 2.09. The Kier molecular flexibility index (Phi) is 1.33. The van der Waals surface area contributed by atoms with Crippen molar-refractivity contribution in [2.75, 3.05) is 6.61 Å². The first kappa shape index (κ1) is 5.35. The van der Waals surface area contributed by atoms with Gasteiger partial charge in [0.05, 0.1) is 6.61 Å². The molecule has 1 aliphatic heterocycles. The Morgan fingerprint density at radius 1 is 1.62 bits per heavy atom. The summed E-state index contributed by atoms with van der Waals surface area (Å²) < 4.78 is 4.85. The fourth-order valence-corrected chi connectivity index (χ4v) is 0.648. The molecule has 0 bridgehead atoms. The smallest absolute Gasteiger partial charge is 0.196 e. The minimum absolute atomic E-state index is 0.0521. The van der Waals surface area contributed by atoms with Crippen molar-refractivity contribution in [1.82, 2.24) is 0 Å². The van der Waals surface area contributed by atoms with Gasteiger partial charge in [-0.3, -0.25) is 4.79 Å². The minimum Gasteiger partial charge on any atom is -0.490 e. The predicted octanol–water partition coefficient (Wildman–Crippen LogP) is 0.880. The van der Waals surface area contributed by atoms with Crippen LogP contribution < -0.4 is 0 Å². The van der Waals surface area contributed by atoms with Crippen LogP contribution in [0, 0.1) is 0 Å². The normalized spacial score (nSPS) is 20.5. The van der Waals surface area contributed by atoms with Crippen LogP contribution in [0.1, 0.15) is 12.8 Å². The van der Waals surface area contributed by atoms with E-state index in [2.05, 4.69) is 6.58 Å². The molecule has 0 aromatic heterocycles. The number of allylic oxidation sites excluding steroid dienone is 1. The van der Waals surface area contributed by atoms with Gasteiger partial charge in [-0.05, 0) is 6.42 Å². The van der Waals surface area contributed by atoms with Gasteiger partial charge in [0.15, 0.2) is 11.5 Å². The van der Waals surface area contributed by atoms with Crippen molar-refractivity contribution in [1.29, 1.82) is 0 Å². The Morgan fingerprint density at radius 3 is 2.75 bits per heavy atom. The topological polar surface area (TPSA) is 26.3 Å². The average molecular weight is 112 g/mol. The first-order valence-corrected chi connectivity index (χ1v) is 2.65. The summed E-state index contributed by atoms with van der Waals surface area (Å²) in [7, 11) is 0. The lowest BCUT2D eigenvalue weighted by molar-refractivity contribution is -0.121. The third-order valence-corrected chi connectivity index (χ3v) is 1.14. The maximum absolute atomic E-state index is 10.6. The standard InChI is InChI=1S/C6H8O2/c1-5-6(7)3-2-4-8-5/h1-4H2. The highest BCUT2D eigenvalue weighted by atomic mass is 16.5. The number of ether oxygens (including phenoxy) is 1. The number of carbonyl (C=O) groups is 1. The van der Waals surface area contributed by atoms with Gasteiger partial charge in [0.25, 0.3) is 0 Å². The van der Waals surface area contributed by atoms with Crippen LogP contribution in [0.4, 0.5) is 0 Å². The van der Waals surface area contributed by atoms with Crippen molar-refractivity contribution in [2.24, 2.45) is 0 Å². The lowest BCUT2D eigenvalue weighted by atomic mass is 10.2. The van der Waals surface area contributed by atoms with E-state index in [0.29, 0.717) is 18.8 Å². The molecule has 0 aliphatic carbocycles. The van der Waals surface area contributed by atoms with E-state index in [4.69, 9.17) is 4.74 Å². The quantitative estimate of drug-likeness (QED) is 0.435. The lowest BCUT2D eigenvalue weighted by Gasteiger charge is -2.12. The SMILES string of the molecule is C=C1OCCCC1=O. The van der Waals surface area contributed by atoms with Gasteiger partial charge >= 0.3 is 0 Å². The third-order valence-electron chi connectivity index (χ3n) is 1.14. The Hall–Kier alpha value is -0.790. The van der Waals surface area contributed by atoms with E-state index < -0.39 is 0 Å². The fourth-order valence-electron chi connectivity index (χ4n) is 0.648. The zero-order chi connectivity index (χ0) is 5.98. The lowest BCUT2D eigenvalue weighted by Crippen LogP contribution is -2.12. The van der Waals surface area contributed by atoms with Crippen LogP contribution in [0.25, 0.3) is 0 Å². The summed E-state index contributed by atoms with van der Waals surface area (Å²) in [6.45, 7) is 4.08. The highest BCUT2D eigenvalue weighted by molar-refractivity contribution is 5.93. The van der Waals surface area contributed by atoms with E-state index in [9.17, 15) is 4.79 Å². The van der Waals surface area contributed by atoms with Crippen molar-refractivity contribution < 1.29 is 9.53 Å². The number of hydrogen-bond acceptors (Lipinski definition) is 2. The van der Waals surface area contributed by atoms with E-state index in [1.54, 1.807) is 0 Å².